The van der Waals surface area contributed by atoms with Crippen LogP contribution in [0.4, 0.5) is 10.8 Å². The fraction of sp³-hybridized carbons (Fsp3) is 0.273. The third-order valence-corrected chi connectivity index (χ3v) is 6.91. The van der Waals surface area contributed by atoms with Crippen molar-refractivity contribution in [1.29, 1.82) is 0 Å². The first-order chi connectivity index (χ1) is 14.5. The van der Waals surface area contributed by atoms with E-state index >= 15 is 0 Å². The van der Waals surface area contributed by atoms with E-state index in [1.54, 1.807) is 4.90 Å². The van der Waals surface area contributed by atoms with Crippen molar-refractivity contribution in [2.45, 2.75) is 31.1 Å². The number of benzene rings is 2. The highest BCUT2D eigenvalue weighted by Gasteiger charge is 2.33. The number of rotatable bonds is 6. The van der Waals surface area contributed by atoms with Gasteiger partial charge in [-0.05, 0) is 38.1 Å². The molecule has 2 heterocycles. The van der Waals surface area contributed by atoms with E-state index in [1.165, 1.54) is 28.7 Å². The molecule has 8 heteroatoms. The van der Waals surface area contributed by atoms with Gasteiger partial charge in [0.05, 0.1) is 5.75 Å². The van der Waals surface area contributed by atoms with Gasteiger partial charge >= 0.3 is 0 Å². The number of carbonyl (C=O) groups excluding carboxylic acids is 2. The monoisotopic (exact) mass is 438 g/mol. The topological polar surface area (TPSA) is 75.2 Å². The number of hydrogen-bond donors (Lipinski definition) is 1. The van der Waals surface area contributed by atoms with Crippen molar-refractivity contribution in [3.8, 4) is 0 Å². The number of aromatic nitrogens is 2. The van der Waals surface area contributed by atoms with Crippen LogP contribution in [0.1, 0.15) is 28.5 Å². The van der Waals surface area contributed by atoms with Crippen molar-refractivity contribution in [3.63, 3.8) is 0 Å². The van der Waals surface area contributed by atoms with Crippen LogP contribution in [-0.4, -0.2) is 34.3 Å². The largest absolute Gasteiger partial charge is 0.312 e. The molecule has 1 unspecified atom stereocenters. The van der Waals surface area contributed by atoms with Gasteiger partial charge in [0.25, 0.3) is 0 Å². The molecule has 1 aliphatic heterocycles. The van der Waals surface area contributed by atoms with Gasteiger partial charge in [0.15, 0.2) is 0 Å². The smallest absolute Gasteiger partial charge is 0.236 e. The predicted molar refractivity (Wildman–Crippen MR) is 121 cm³/mol. The molecule has 1 aliphatic rings. The summed E-state index contributed by atoms with van der Waals surface area (Å²) < 4.78 is 0. The second kappa shape index (κ2) is 8.97. The lowest BCUT2D eigenvalue weighted by Gasteiger charge is -2.16. The lowest BCUT2D eigenvalue weighted by Crippen LogP contribution is -2.24. The van der Waals surface area contributed by atoms with Crippen LogP contribution in [0, 0.1) is 13.8 Å². The molecule has 0 bridgehead atoms. The van der Waals surface area contributed by atoms with Crippen LogP contribution in [0.25, 0.3) is 0 Å². The molecule has 1 saturated heterocycles. The van der Waals surface area contributed by atoms with Gasteiger partial charge in [0, 0.05) is 29.5 Å². The minimum absolute atomic E-state index is 0.0103. The molecule has 2 aromatic carbocycles. The summed E-state index contributed by atoms with van der Waals surface area (Å²) >= 11 is 2.82. The molecule has 6 nitrogen and oxygen atoms in total. The zero-order chi connectivity index (χ0) is 21.1. The lowest BCUT2D eigenvalue weighted by molar-refractivity contribution is -0.117. The number of hydrogen-bond acceptors (Lipinski definition) is 6. The molecule has 30 heavy (non-hydrogen) atoms. The van der Waals surface area contributed by atoms with E-state index in [0.717, 1.165) is 21.2 Å². The van der Waals surface area contributed by atoms with E-state index in [9.17, 15) is 9.59 Å². The normalized spacial score (nSPS) is 16.1. The highest BCUT2D eigenvalue weighted by atomic mass is 32.2. The molecule has 4 rings (SSSR count). The van der Waals surface area contributed by atoms with Gasteiger partial charge in [-0.1, -0.05) is 46.7 Å². The predicted octanol–water partition coefficient (Wildman–Crippen LogP) is 4.41. The molecule has 1 fully saturated rings. The van der Waals surface area contributed by atoms with E-state index < -0.39 is 0 Å². The highest BCUT2D eigenvalue weighted by molar-refractivity contribution is 8.00. The Hall–Kier alpha value is -2.71. The van der Waals surface area contributed by atoms with E-state index in [0.29, 0.717) is 23.8 Å². The number of amides is 2. The maximum atomic E-state index is 12.5. The van der Waals surface area contributed by atoms with E-state index in [1.807, 2.05) is 62.4 Å². The molecular weight excluding hydrogens is 416 g/mol. The van der Waals surface area contributed by atoms with Gasteiger partial charge in [-0.2, -0.15) is 0 Å². The van der Waals surface area contributed by atoms with Crippen LogP contribution in [0.3, 0.4) is 0 Å². The number of aryl methyl sites for hydroxylation is 2. The van der Waals surface area contributed by atoms with Crippen LogP contribution in [0.2, 0.25) is 0 Å². The first kappa shape index (κ1) is 20.6. The van der Waals surface area contributed by atoms with Crippen molar-refractivity contribution >= 4 is 45.7 Å². The molecule has 1 aromatic heterocycles. The van der Waals surface area contributed by atoms with Gasteiger partial charge < -0.3 is 4.90 Å². The molecule has 0 spiro atoms. The van der Waals surface area contributed by atoms with Crippen LogP contribution in [0.15, 0.2) is 53.4 Å². The second-order valence-electron chi connectivity index (χ2n) is 7.34. The lowest BCUT2D eigenvalue weighted by atomic mass is 10.1. The number of nitrogens with one attached hydrogen (secondary N) is 1. The Kier molecular flexibility index (Phi) is 6.15. The standard InChI is InChI=1S/C22H22N4O2S2/c1-14-3-7-17(8-4-14)26-12-16(11-20(26)28)21-24-25-22(30-21)23-19(27)13-29-18-9-5-15(2)6-10-18/h3-10,16H,11-13H2,1-2H3,(H,23,25,27). The summed E-state index contributed by atoms with van der Waals surface area (Å²) in [5.74, 6) is 0.260. The van der Waals surface area contributed by atoms with Crippen LogP contribution >= 0.6 is 23.1 Å². The van der Waals surface area contributed by atoms with Gasteiger partial charge in [-0.3, -0.25) is 14.9 Å². The summed E-state index contributed by atoms with van der Waals surface area (Å²) in [5.41, 5.74) is 3.25. The molecule has 2 amide bonds. The minimum atomic E-state index is -0.118. The van der Waals surface area contributed by atoms with E-state index in [-0.39, 0.29) is 17.7 Å². The Labute approximate surface area is 183 Å². The Morgan fingerprint density at radius 3 is 2.47 bits per heavy atom. The summed E-state index contributed by atoms with van der Waals surface area (Å²) in [4.78, 5) is 27.6. The average molecular weight is 439 g/mol. The average Bonchev–Trinajstić information content (AvgIpc) is 3.35. The Morgan fingerprint density at radius 2 is 1.77 bits per heavy atom. The van der Waals surface area contributed by atoms with Crippen molar-refractivity contribution in [2.24, 2.45) is 0 Å². The quantitative estimate of drug-likeness (QED) is 0.577. The fourth-order valence-electron chi connectivity index (χ4n) is 3.24. The number of carbonyl (C=O) groups is 2. The van der Waals surface area contributed by atoms with Crippen molar-refractivity contribution in [1.82, 2.24) is 10.2 Å². The Morgan fingerprint density at radius 1 is 1.10 bits per heavy atom. The molecule has 1 atom stereocenters. The first-order valence-electron chi connectivity index (χ1n) is 9.67. The van der Waals surface area contributed by atoms with Crippen LogP contribution in [-0.2, 0) is 9.59 Å². The SMILES string of the molecule is Cc1ccc(SCC(=O)Nc2nnc(C3CC(=O)N(c4ccc(C)cc4)C3)s2)cc1. The summed E-state index contributed by atoms with van der Waals surface area (Å²) in [5, 5.41) is 12.4. The van der Waals surface area contributed by atoms with Gasteiger partial charge in [-0.25, -0.2) is 0 Å². The molecule has 0 aliphatic carbocycles. The zero-order valence-corrected chi connectivity index (χ0v) is 18.4. The fourth-order valence-corrected chi connectivity index (χ4v) is 4.79. The van der Waals surface area contributed by atoms with Crippen molar-refractivity contribution < 1.29 is 9.59 Å². The highest BCUT2D eigenvalue weighted by Crippen LogP contribution is 2.34. The Bertz CT molecular complexity index is 1050. The number of nitrogens with zero attached hydrogens (tertiary/aromatic N) is 3. The molecule has 154 valence electrons. The molecule has 3 aromatic rings. The number of anilines is 2. The third kappa shape index (κ3) is 4.88. The van der Waals surface area contributed by atoms with E-state index in [4.69, 9.17) is 0 Å². The van der Waals surface area contributed by atoms with E-state index in [2.05, 4.69) is 15.5 Å². The zero-order valence-electron chi connectivity index (χ0n) is 16.8. The van der Waals surface area contributed by atoms with Crippen molar-refractivity contribution in [3.05, 3.63) is 64.7 Å². The van der Waals surface area contributed by atoms with Crippen LogP contribution < -0.4 is 10.2 Å². The second-order valence-corrected chi connectivity index (χ2v) is 9.39. The van der Waals surface area contributed by atoms with Crippen LogP contribution in [0.5, 0.6) is 0 Å². The Balaban J connectivity index is 1.33. The van der Waals surface area contributed by atoms with Gasteiger partial charge in [-0.15, -0.1) is 22.0 Å². The maximum absolute atomic E-state index is 12.5. The summed E-state index contributed by atoms with van der Waals surface area (Å²) in [6.07, 6.45) is 0.403. The first-order valence-corrected chi connectivity index (χ1v) is 11.5. The number of thioether (sulfide) groups is 1. The van der Waals surface area contributed by atoms with Gasteiger partial charge in [0.1, 0.15) is 5.01 Å². The summed E-state index contributed by atoms with van der Waals surface area (Å²) in [6, 6.07) is 16.0. The van der Waals surface area contributed by atoms with Gasteiger partial charge in [0.2, 0.25) is 16.9 Å². The summed E-state index contributed by atoms with van der Waals surface area (Å²) in [6.45, 7) is 4.63. The third-order valence-electron chi connectivity index (χ3n) is 4.90. The molecule has 0 saturated carbocycles. The summed E-state index contributed by atoms with van der Waals surface area (Å²) in [7, 11) is 0. The molecule has 0 radical (unpaired) electrons. The molecule has 1 N–H and O–H groups in total. The maximum Gasteiger partial charge on any atom is 0.236 e. The van der Waals surface area contributed by atoms with Crippen molar-refractivity contribution in [2.75, 3.05) is 22.5 Å². The molecular formula is C22H22N4O2S2. The minimum Gasteiger partial charge on any atom is -0.312 e.